The summed E-state index contributed by atoms with van der Waals surface area (Å²) in [6, 6.07) is 10.1. The molecule has 3 rings (SSSR count). The van der Waals surface area contributed by atoms with E-state index in [2.05, 4.69) is 4.98 Å². The normalized spacial score (nSPS) is 10.8. The van der Waals surface area contributed by atoms with Gasteiger partial charge in [-0.3, -0.25) is 14.2 Å². The third kappa shape index (κ3) is 3.87. The minimum Gasteiger partial charge on any atom is -0.497 e. The van der Waals surface area contributed by atoms with Crippen molar-refractivity contribution >= 4 is 16.8 Å². The standard InChI is InChI=1S/C21H23N3O5/c1-5-24-20(26)16-9-7-13(10-17(16)22-21(24)27)19(25)23(2)12-14-6-8-15(28-3)11-18(14)29-4/h6-11H,5,12H2,1-4H3,(H,22,27). The van der Waals surface area contributed by atoms with Crippen LogP contribution in [0.2, 0.25) is 0 Å². The number of methoxy groups -OCH3 is 2. The lowest BCUT2D eigenvalue weighted by atomic mass is 10.1. The van der Waals surface area contributed by atoms with E-state index < -0.39 is 5.69 Å². The largest absolute Gasteiger partial charge is 0.497 e. The zero-order valence-corrected chi connectivity index (χ0v) is 16.8. The fraction of sp³-hybridized carbons (Fsp3) is 0.286. The van der Waals surface area contributed by atoms with Crippen molar-refractivity contribution < 1.29 is 14.3 Å². The molecular weight excluding hydrogens is 374 g/mol. The fourth-order valence-corrected chi connectivity index (χ4v) is 3.20. The summed E-state index contributed by atoms with van der Waals surface area (Å²) in [5.41, 5.74) is 0.666. The van der Waals surface area contributed by atoms with Crippen LogP contribution < -0.4 is 20.7 Å². The number of hydrogen-bond donors (Lipinski definition) is 1. The number of H-pyrrole nitrogens is 1. The Labute approximate surface area is 167 Å². The maximum atomic E-state index is 12.9. The number of nitrogens with one attached hydrogen (secondary N) is 1. The van der Waals surface area contributed by atoms with Gasteiger partial charge in [0.15, 0.2) is 0 Å². The van der Waals surface area contributed by atoms with Crippen LogP contribution in [-0.4, -0.2) is 41.6 Å². The van der Waals surface area contributed by atoms with Crippen molar-refractivity contribution in [1.82, 2.24) is 14.5 Å². The molecule has 0 saturated carbocycles. The number of carbonyl (C=O) groups excluding carboxylic acids is 1. The van der Waals surface area contributed by atoms with Gasteiger partial charge in [-0.15, -0.1) is 0 Å². The van der Waals surface area contributed by atoms with Crippen LogP contribution in [0.25, 0.3) is 10.9 Å². The third-order valence-electron chi connectivity index (χ3n) is 4.79. The second-order valence-corrected chi connectivity index (χ2v) is 6.58. The third-order valence-corrected chi connectivity index (χ3v) is 4.79. The molecule has 0 spiro atoms. The first-order valence-corrected chi connectivity index (χ1v) is 9.12. The maximum Gasteiger partial charge on any atom is 0.328 e. The number of hydrogen-bond acceptors (Lipinski definition) is 5. The predicted octanol–water partition coefficient (Wildman–Crippen LogP) is 2.00. The van der Waals surface area contributed by atoms with E-state index in [1.54, 1.807) is 52.5 Å². The molecule has 1 heterocycles. The van der Waals surface area contributed by atoms with Crippen LogP contribution in [0, 0.1) is 0 Å². The van der Waals surface area contributed by atoms with E-state index >= 15 is 0 Å². The molecule has 0 aliphatic heterocycles. The van der Waals surface area contributed by atoms with Crippen molar-refractivity contribution in [3.05, 3.63) is 68.4 Å². The average molecular weight is 397 g/mol. The Bertz CT molecular complexity index is 1180. The molecule has 8 nitrogen and oxygen atoms in total. The van der Waals surface area contributed by atoms with Gasteiger partial charge in [0.25, 0.3) is 11.5 Å². The number of carbonyl (C=O) groups is 1. The molecule has 0 atom stereocenters. The number of amides is 1. The van der Waals surface area contributed by atoms with Crippen molar-refractivity contribution in [1.29, 1.82) is 0 Å². The van der Waals surface area contributed by atoms with E-state index in [0.29, 0.717) is 34.5 Å². The second kappa shape index (κ2) is 8.22. The van der Waals surface area contributed by atoms with Gasteiger partial charge in [0.05, 0.1) is 25.1 Å². The molecule has 3 aromatic rings. The predicted molar refractivity (Wildman–Crippen MR) is 110 cm³/mol. The summed E-state index contributed by atoms with van der Waals surface area (Å²) < 4.78 is 11.7. The Morgan fingerprint density at radius 3 is 2.52 bits per heavy atom. The van der Waals surface area contributed by atoms with Gasteiger partial charge < -0.3 is 19.4 Å². The van der Waals surface area contributed by atoms with Crippen LogP contribution in [0.4, 0.5) is 0 Å². The Morgan fingerprint density at radius 1 is 1.10 bits per heavy atom. The van der Waals surface area contributed by atoms with Gasteiger partial charge in [0.1, 0.15) is 11.5 Å². The summed E-state index contributed by atoms with van der Waals surface area (Å²) in [7, 11) is 4.81. The summed E-state index contributed by atoms with van der Waals surface area (Å²) in [4.78, 5) is 41.5. The quantitative estimate of drug-likeness (QED) is 0.687. The molecule has 0 aliphatic rings. The van der Waals surface area contributed by atoms with Gasteiger partial charge >= 0.3 is 5.69 Å². The number of fused-ring (bicyclic) bond motifs is 1. The number of aromatic amines is 1. The first-order valence-electron chi connectivity index (χ1n) is 9.12. The Balaban J connectivity index is 1.91. The molecule has 1 aromatic heterocycles. The van der Waals surface area contributed by atoms with E-state index in [4.69, 9.17) is 9.47 Å². The van der Waals surface area contributed by atoms with Crippen molar-refractivity contribution in [2.45, 2.75) is 20.0 Å². The molecule has 0 radical (unpaired) electrons. The van der Waals surface area contributed by atoms with Crippen molar-refractivity contribution in [3.8, 4) is 11.5 Å². The molecule has 29 heavy (non-hydrogen) atoms. The molecule has 1 amide bonds. The number of nitrogens with zero attached hydrogens (tertiary/aromatic N) is 2. The number of ether oxygens (including phenoxy) is 2. The highest BCUT2D eigenvalue weighted by Crippen LogP contribution is 2.26. The Hall–Kier alpha value is -3.55. The van der Waals surface area contributed by atoms with Gasteiger partial charge in [-0.2, -0.15) is 0 Å². The first kappa shape index (κ1) is 20.2. The van der Waals surface area contributed by atoms with E-state index in [1.807, 2.05) is 6.07 Å². The SMILES string of the molecule is CCn1c(=O)[nH]c2cc(C(=O)N(C)Cc3ccc(OC)cc3OC)ccc2c1=O. The molecule has 0 aliphatic carbocycles. The molecule has 2 aromatic carbocycles. The van der Waals surface area contributed by atoms with Crippen molar-refractivity contribution in [2.75, 3.05) is 21.3 Å². The average Bonchev–Trinajstić information content (AvgIpc) is 2.73. The number of aromatic nitrogens is 2. The summed E-state index contributed by atoms with van der Waals surface area (Å²) in [5.74, 6) is 1.04. The van der Waals surface area contributed by atoms with Gasteiger partial charge in [-0.05, 0) is 37.3 Å². The van der Waals surface area contributed by atoms with E-state index in [1.165, 1.54) is 11.0 Å². The highest BCUT2D eigenvalue weighted by Gasteiger charge is 2.16. The molecular formula is C21H23N3O5. The Morgan fingerprint density at radius 2 is 1.86 bits per heavy atom. The molecule has 0 bridgehead atoms. The van der Waals surface area contributed by atoms with Gasteiger partial charge in [0.2, 0.25) is 0 Å². The van der Waals surface area contributed by atoms with Gasteiger partial charge in [-0.1, -0.05) is 0 Å². The molecule has 0 saturated heterocycles. The smallest absolute Gasteiger partial charge is 0.328 e. The zero-order valence-electron chi connectivity index (χ0n) is 16.8. The maximum absolute atomic E-state index is 12.9. The molecule has 8 heteroatoms. The summed E-state index contributed by atoms with van der Waals surface area (Å²) in [6.45, 7) is 2.32. The topological polar surface area (TPSA) is 93.6 Å². The zero-order chi connectivity index (χ0) is 21.1. The van der Waals surface area contributed by atoms with Crippen LogP contribution >= 0.6 is 0 Å². The van der Waals surface area contributed by atoms with Crippen LogP contribution in [-0.2, 0) is 13.1 Å². The van der Waals surface area contributed by atoms with E-state index in [9.17, 15) is 14.4 Å². The number of rotatable bonds is 6. The fourth-order valence-electron chi connectivity index (χ4n) is 3.20. The summed E-state index contributed by atoms with van der Waals surface area (Å²) in [5, 5.41) is 0.363. The van der Waals surface area contributed by atoms with Crippen LogP contribution in [0.15, 0.2) is 46.0 Å². The minimum absolute atomic E-state index is 0.245. The lowest BCUT2D eigenvalue weighted by molar-refractivity contribution is 0.0784. The van der Waals surface area contributed by atoms with Crippen molar-refractivity contribution in [2.24, 2.45) is 0 Å². The summed E-state index contributed by atoms with van der Waals surface area (Å²) in [6.07, 6.45) is 0. The highest BCUT2D eigenvalue weighted by molar-refractivity contribution is 5.97. The lowest BCUT2D eigenvalue weighted by Crippen LogP contribution is -2.34. The molecule has 1 N–H and O–H groups in total. The summed E-state index contributed by atoms with van der Waals surface area (Å²) >= 11 is 0. The monoisotopic (exact) mass is 397 g/mol. The second-order valence-electron chi connectivity index (χ2n) is 6.58. The van der Waals surface area contributed by atoms with Gasteiger partial charge in [0, 0.05) is 37.3 Å². The molecule has 0 unspecified atom stereocenters. The lowest BCUT2D eigenvalue weighted by Gasteiger charge is -2.19. The van der Waals surface area contributed by atoms with E-state index in [-0.39, 0.29) is 18.0 Å². The van der Waals surface area contributed by atoms with Crippen LogP contribution in [0.3, 0.4) is 0 Å². The highest BCUT2D eigenvalue weighted by atomic mass is 16.5. The first-order chi connectivity index (χ1) is 13.9. The van der Waals surface area contributed by atoms with Crippen LogP contribution in [0.5, 0.6) is 11.5 Å². The molecule has 0 fully saturated rings. The van der Waals surface area contributed by atoms with Gasteiger partial charge in [-0.25, -0.2) is 4.79 Å². The van der Waals surface area contributed by atoms with E-state index in [0.717, 1.165) is 10.1 Å². The Kier molecular flexibility index (Phi) is 5.72. The van der Waals surface area contributed by atoms with Crippen molar-refractivity contribution in [3.63, 3.8) is 0 Å². The van der Waals surface area contributed by atoms with Crippen LogP contribution in [0.1, 0.15) is 22.8 Å². The minimum atomic E-state index is -0.495. The molecule has 152 valence electrons. The number of benzene rings is 2.